The van der Waals surface area contributed by atoms with Gasteiger partial charge in [0.1, 0.15) is 0 Å². The second-order valence-corrected chi connectivity index (χ2v) is 3.49. The van der Waals surface area contributed by atoms with Gasteiger partial charge in [-0.3, -0.25) is 0 Å². The second-order valence-electron chi connectivity index (χ2n) is 3.49. The van der Waals surface area contributed by atoms with Crippen molar-refractivity contribution < 1.29 is 15.0 Å². The molecule has 0 saturated heterocycles. The van der Waals surface area contributed by atoms with E-state index in [0.29, 0.717) is 18.8 Å². The molecule has 0 fully saturated rings. The first-order valence-corrected chi connectivity index (χ1v) is 5.45. The molecule has 18 heavy (non-hydrogen) atoms. The molecule has 98 valence electrons. The molecule has 4 N–H and O–H groups in total. The Balaban J connectivity index is 2.76. The van der Waals surface area contributed by atoms with Crippen LogP contribution in [0.15, 0.2) is 34.5 Å². The lowest BCUT2D eigenvalue weighted by Crippen LogP contribution is -2.29. The number of carbonyl (C=O) groups excluding carboxylic acids is 1. The number of primary amides is 1. The third kappa shape index (κ3) is 4.48. The molecule has 2 amide bonds. The molecule has 0 atom stereocenters. The van der Waals surface area contributed by atoms with Crippen molar-refractivity contribution in [3.63, 3.8) is 0 Å². The van der Waals surface area contributed by atoms with Gasteiger partial charge < -0.3 is 20.8 Å². The van der Waals surface area contributed by atoms with Crippen molar-refractivity contribution >= 4 is 17.4 Å². The highest BCUT2D eigenvalue weighted by atomic mass is 16.3. The van der Waals surface area contributed by atoms with E-state index < -0.39 is 6.03 Å². The predicted molar refractivity (Wildman–Crippen MR) is 66.9 cm³/mol. The van der Waals surface area contributed by atoms with Crippen LogP contribution in [0.2, 0.25) is 0 Å². The van der Waals surface area contributed by atoms with E-state index in [4.69, 9.17) is 15.9 Å². The summed E-state index contributed by atoms with van der Waals surface area (Å²) in [7, 11) is 0. The molecule has 0 radical (unpaired) electrons. The van der Waals surface area contributed by atoms with Gasteiger partial charge in [0.2, 0.25) is 0 Å². The van der Waals surface area contributed by atoms with Gasteiger partial charge in [-0.15, -0.1) is 5.11 Å². The standard InChI is InChI=1S/C11H16N4O3/c12-11(18)14-13-9-1-3-10(4-2-9)15(5-7-16)6-8-17/h1-4,16-17H,5-8H2,(H2,12,18). The Hall–Kier alpha value is -1.99. The Kier molecular flexibility index (Phi) is 5.75. The molecule has 0 bridgehead atoms. The maximum Gasteiger partial charge on any atom is 0.356 e. The average molecular weight is 252 g/mol. The summed E-state index contributed by atoms with van der Waals surface area (Å²) < 4.78 is 0. The van der Waals surface area contributed by atoms with Gasteiger partial charge in [0.05, 0.1) is 18.9 Å². The minimum absolute atomic E-state index is 0.00311. The minimum Gasteiger partial charge on any atom is -0.395 e. The number of hydrogen-bond acceptors (Lipinski definition) is 5. The van der Waals surface area contributed by atoms with Gasteiger partial charge in [0.15, 0.2) is 0 Å². The third-order valence-electron chi connectivity index (χ3n) is 2.22. The Morgan fingerprint density at radius 1 is 1.17 bits per heavy atom. The zero-order valence-electron chi connectivity index (χ0n) is 9.86. The molecular formula is C11H16N4O3. The van der Waals surface area contributed by atoms with Crippen molar-refractivity contribution in [2.45, 2.75) is 0 Å². The van der Waals surface area contributed by atoms with Crippen molar-refractivity contribution in [3.05, 3.63) is 24.3 Å². The molecule has 0 spiro atoms. The molecule has 0 saturated carbocycles. The Morgan fingerprint density at radius 2 is 1.72 bits per heavy atom. The first kappa shape index (κ1) is 14.1. The van der Waals surface area contributed by atoms with Gasteiger partial charge in [-0.25, -0.2) is 4.79 Å². The molecule has 0 aliphatic carbocycles. The summed E-state index contributed by atoms with van der Waals surface area (Å²) in [5.74, 6) is 0. The van der Waals surface area contributed by atoms with E-state index in [0.717, 1.165) is 5.69 Å². The van der Waals surface area contributed by atoms with Crippen molar-refractivity contribution in [2.75, 3.05) is 31.2 Å². The lowest BCUT2D eigenvalue weighted by atomic mass is 10.2. The minimum atomic E-state index is -0.846. The molecule has 7 nitrogen and oxygen atoms in total. The van der Waals surface area contributed by atoms with Gasteiger partial charge in [0.25, 0.3) is 0 Å². The number of azo groups is 1. The van der Waals surface area contributed by atoms with Crippen LogP contribution in [0.1, 0.15) is 0 Å². The largest absolute Gasteiger partial charge is 0.395 e. The van der Waals surface area contributed by atoms with E-state index in [1.54, 1.807) is 24.3 Å². The van der Waals surface area contributed by atoms with Crippen LogP contribution in [0.3, 0.4) is 0 Å². The molecule has 1 aromatic rings. The maximum absolute atomic E-state index is 10.4. The van der Waals surface area contributed by atoms with Gasteiger partial charge in [-0.2, -0.15) is 0 Å². The lowest BCUT2D eigenvalue weighted by molar-refractivity contribution is 0.255. The van der Waals surface area contributed by atoms with E-state index in [1.807, 2.05) is 4.90 Å². The number of rotatable bonds is 6. The van der Waals surface area contributed by atoms with Crippen LogP contribution in [-0.2, 0) is 0 Å². The second kappa shape index (κ2) is 7.36. The van der Waals surface area contributed by atoms with Crippen LogP contribution in [0, 0.1) is 0 Å². The molecule has 7 heteroatoms. The lowest BCUT2D eigenvalue weighted by Gasteiger charge is -2.22. The number of amides is 2. The number of urea groups is 1. The maximum atomic E-state index is 10.4. The first-order valence-electron chi connectivity index (χ1n) is 5.45. The number of anilines is 1. The van der Waals surface area contributed by atoms with Crippen molar-refractivity contribution in [1.82, 2.24) is 0 Å². The Morgan fingerprint density at radius 3 is 2.17 bits per heavy atom. The quantitative estimate of drug-likeness (QED) is 0.645. The van der Waals surface area contributed by atoms with E-state index in [1.165, 1.54) is 0 Å². The number of benzene rings is 1. The molecule has 1 aromatic carbocycles. The summed E-state index contributed by atoms with van der Waals surface area (Å²) in [6.07, 6.45) is 0. The number of aliphatic hydroxyl groups excluding tert-OH is 2. The van der Waals surface area contributed by atoms with Crippen LogP contribution in [0.4, 0.5) is 16.2 Å². The molecule has 1 rings (SSSR count). The number of nitrogens with zero attached hydrogens (tertiary/aromatic N) is 3. The zero-order chi connectivity index (χ0) is 13.4. The summed E-state index contributed by atoms with van der Waals surface area (Å²) in [5, 5.41) is 24.7. The zero-order valence-corrected chi connectivity index (χ0v) is 9.86. The summed E-state index contributed by atoms with van der Waals surface area (Å²) in [5.41, 5.74) is 6.18. The van der Waals surface area contributed by atoms with Crippen LogP contribution in [0.25, 0.3) is 0 Å². The molecule has 0 aliphatic rings. The Labute approximate surface area is 105 Å². The number of aliphatic hydroxyl groups is 2. The van der Waals surface area contributed by atoms with Crippen LogP contribution in [0.5, 0.6) is 0 Å². The Bertz CT molecular complexity index is 399. The SMILES string of the molecule is NC(=O)N=Nc1ccc(N(CCO)CCO)cc1. The number of nitrogens with two attached hydrogens (primary N) is 1. The van der Waals surface area contributed by atoms with Crippen molar-refractivity contribution in [1.29, 1.82) is 0 Å². The molecule has 0 unspecified atom stereocenters. The third-order valence-corrected chi connectivity index (χ3v) is 2.22. The highest BCUT2D eigenvalue weighted by Gasteiger charge is 2.04. The number of hydrogen-bond donors (Lipinski definition) is 3. The van der Waals surface area contributed by atoms with Gasteiger partial charge in [-0.1, -0.05) is 5.11 Å². The molecule has 0 heterocycles. The molecular weight excluding hydrogens is 236 g/mol. The van der Waals surface area contributed by atoms with Crippen LogP contribution in [-0.4, -0.2) is 42.5 Å². The monoisotopic (exact) mass is 252 g/mol. The highest BCUT2D eigenvalue weighted by molar-refractivity contribution is 5.72. The summed E-state index contributed by atoms with van der Waals surface area (Å²) >= 11 is 0. The topological polar surface area (TPSA) is 112 Å². The highest BCUT2D eigenvalue weighted by Crippen LogP contribution is 2.19. The molecule has 0 aromatic heterocycles. The fraction of sp³-hybridized carbons (Fsp3) is 0.364. The van der Waals surface area contributed by atoms with Crippen molar-refractivity contribution in [3.8, 4) is 0 Å². The fourth-order valence-corrected chi connectivity index (χ4v) is 1.45. The summed E-state index contributed by atoms with van der Waals surface area (Å²) in [4.78, 5) is 12.2. The van der Waals surface area contributed by atoms with Gasteiger partial charge >= 0.3 is 6.03 Å². The average Bonchev–Trinajstić information content (AvgIpc) is 2.37. The summed E-state index contributed by atoms with van der Waals surface area (Å²) in [6, 6.07) is 6.02. The predicted octanol–water partition coefficient (Wildman–Crippen LogP) is 0.640. The van der Waals surface area contributed by atoms with E-state index in [9.17, 15) is 4.79 Å². The van der Waals surface area contributed by atoms with E-state index in [2.05, 4.69) is 10.2 Å². The van der Waals surface area contributed by atoms with Crippen molar-refractivity contribution in [2.24, 2.45) is 16.0 Å². The smallest absolute Gasteiger partial charge is 0.356 e. The van der Waals surface area contributed by atoms with E-state index >= 15 is 0 Å². The number of carbonyl (C=O) groups is 1. The normalized spacial score (nSPS) is 10.8. The van der Waals surface area contributed by atoms with Gasteiger partial charge in [0, 0.05) is 18.8 Å². The summed E-state index contributed by atoms with van der Waals surface area (Å²) in [6.45, 7) is 0.873. The van der Waals surface area contributed by atoms with Crippen LogP contribution < -0.4 is 10.6 Å². The van der Waals surface area contributed by atoms with E-state index in [-0.39, 0.29) is 13.2 Å². The molecule has 0 aliphatic heterocycles. The first-order chi connectivity index (χ1) is 8.67. The van der Waals surface area contributed by atoms with Crippen LogP contribution >= 0.6 is 0 Å². The van der Waals surface area contributed by atoms with Gasteiger partial charge in [-0.05, 0) is 24.3 Å². The fourth-order valence-electron chi connectivity index (χ4n) is 1.45.